The van der Waals surface area contributed by atoms with Gasteiger partial charge in [-0.15, -0.1) is 0 Å². The highest BCUT2D eigenvalue weighted by Gasteiger charge is 1.98. The zero-order chi connectivity index (χ0) is 8.10. The van der Waals surface area contributed by atoms with Gasteiger partial charge in [-0.3, -0.25) is 4.79 Å². The first-order valence-corrected chi connectivity index (χ1v) is 3.17. The predicted octanol–water partition coefficient (Wildman–Crippen LogP) is 0.814. The molecule has 0 atom stereocenters. The summed E-state index contributed by atoms with van der Waals surface area (Å²) < 4.78 is 0. The largest absolute Gasteiger partial charge is 0.323 e. The lowest BCUT2D eigenvalue weighted by molar-refractivity contribution is 0.107. The molecule has 1 aromatic rings. The predicted molar refractivity (Wildman–Crippen MR) is 43.5 cm³/mol. The molecular formula is C8H8N2O. The van der Waals surface area contributed by atoms with Gasteiger partial charge in [0, 0.05) is 5.56 Å². The molecule has 1 aromatic carbocycles. The third-order valence-electron chi connectivity index (χ3n) is 1.25. The maximum Gasteiger partial charge on any atom is 0.205 e. The van der Waals surface area contributed by atoms with Crippen LogP contribution >= 0.6 is 0 Å². The monoisotopic (exact) mass is 148 g/mol. The molecule has 0 aliphatic carbocycles. The van der Waals surface area contributed by atoms with Crippen LogP contribution in [0.1, 0.15) is 10.4 Å². The Bertz CT molecular complexity index is 267. The summed E-state index contributed by atoms with van der Waals surface area (Å²) in [5.41, 5.74) is 0.599. The van der Waals surface area contributed by atoms with Crippen molar-refractivity contribution in [3.05, 3.63) is 35.9 Å². The molecule has 0 fully saturated rings. The number of nitrogens with zero attached hydrogens (tertiary/aromatic N) is 1. The number of benzene rings is 1. The fourth-order valence-electron chi connectivity index (χ4n) is 0.745. The molecule has 0 unspecified atom stereocenters. The SMILES string of the molecule is N/N=C\C(=O)c1ccccc1. The van der Waals surface area contributed by atoms with Crippen LogP contribution in [-0.2, 0) is 0 Å². The number of carbonyl (C=O) groups excluding carboxylic acids is 1. The number of carbonyl (C=O) groups is 1. The fraction of sp³-hybridized carbons (Fsp3) is 0. The molecule has 3 heteroatoms. The average Bonchev–Trinajstić information content (AvgIpc) is 2.07. The summed E-state index contributed by atoms with van der Waals surface area (Å²) in [6.45, 7) is 0. The van der Waals surface area contributed by atoms with Gasteiger partial charge in [0.2, 0.25) is 5.78 Å². The van der Waals surface area contributed by atoms with E-state index in [0.29, 0.717) is 5.56 Å². The molecule has 1 rings (SSSR count). The van der Waals surface area contributed by atoms with Crippen molar-refractivity contribution in [1.29, 1.82) is 0 Å². The summed E-state index contributed by atoms with van der Waals surface area (Å²) in [4.78, 5) is 11.0. The zero-order valence-corrected chi connectivity index (χ0v) is 5.90. The lowest BCUT2D eigenvalue weighted by Crippen LogP contribution is -2.01. The minimum Gasteiger partial charge on any atom is -0.323 e. The van der Waals surface area contributed by atoms with Crippen LogP contribution in [-0.4, -0.2) is 12.0 Å². The lowest BCUT2D eigenvalue weighted by atomic mass is 10.1. The van der Waals surface area contributed by atoms with Crippen LogP contribution in [0, 0.1) is 0 Å². The van der Waals surface area contributed by atoms with Gasteiger partial charge in [0.15, 0.2) is 0 Å². The summed E-state index contributed by atoms with van der Waals surface area (Å²) >= 11 is 0. The Morgan fingerprint density at radius 1 is 1.36 bits per heavy atom. The Morgan fingerprint density at radius 3 is 2.55 bits per heavy atom. The van der Waals surface area contributed by atoms with E-state index in [0.717, 1.165) is 6.21 Å². The maximum atomic E-state index is 11.0. The van der Waals surface area contributed by atoms with Crippen LogP contribution < -0.4 is 5.84 Å². The van der Waals surface area contributed by atoms with Crippen molar-refractivity contribution in [2.45, 2.75) is 0 Å². The van der Waals surface area contributed by atoms with Crippen molar-refractivity contribution >= 4 is 12.0 Å². The number of rotatable bonds is 2. The first-order chi connectivity index (χ1) is 5.34. The van der Waals surface area contributed by atoms with Crippen molar-refractivity contribution in [3.63, 3.8) is 0 Å². The average molecular weight is 148 g/mol. The van der Waals surface area contributed by atoms with Crippen LogP contribution in [0.5, 0.6) is 0 Å². The quantitative estimate of drug-likeness (QED) is 0.292. The molecule has 0 aromatic heterocycles. The molecule has 0 aliphatic rings. The number of ketones is 1. The first-order valence-electron chi connectivity index (χ1n) is 3.17. The molecule has 2 N–H and O–H groups in total. The summed E-state index contributed by atoms with van der Waals surface area (Å²) in [7, 11) is 0. The fourth-order valence-corrected chi connectivity index (χ4v) is 0.745. The Hall–Kier alpha value is -1.64. The molecule has 0 radical (unpaired) electrons. The van der Waals surface area contributed by atoms with Crippen LogP contribution in [0.4, 0.5) is 0 Å². The van der Waals surface area contributed by atoms with Crippen LogP contribution in [0.3, 0.4) is 0 Å². The third-order valence-corrected chi connectivity index (χ3v) is 1.25. The second kappa shape index (κ2) is 3.51. The van der Waals surface area contributed by atoms with Crippen LogP contribution in [0.25, 0.3) is 0 Å². The van der Waals surface area contributed by atoms with E-state index < -0.39 is 0 Å². The van der Waals surface area contributed by atoms with Gasteiger partial charge in [-0.2, -0.15) is 5.10 Å². The zero-order valence-electron chi connectivity index (χ0n) is 5.90. The lowest BCUT2D eigenvalue weighted by Gasteiger charge is -1.90. The highest BCUT2D eigenvalue weighted by Crippen LogP contribution is 1.97. The van der Waals surface area contributed by atoms with Crippen molar-refractivity contribution in [2.75, 3.05) is 0 Å². The van der Waals surface area contributed by atoms with Gasteiger partial charge in [0.05, 0.1) is 6.21 Å². The Labute approximate surface area is 64.5 Å². The highest BCUT2D eigenvalue weighted by molar-refractivity contribution is 6.35. The van der Waals surface area contributed by atoms with Gasteiger partial charge in [-0.05, 0) is 0 Å². The number of Topliss-reactive ketones (excluding diaryl/α,β-unsaturated/α-hetero) is 1. The number of nitrogens with two attached hydrogens (primary N) is 1. The second-order valence-electron chi connectivity index (χ2n) is 2.01. The minimum absolute atomic E-state index is 0.173. The van der Waals surface area contributed by atoms with Gasteiger partial charge in [-0.1, -0.05) is 30.3 Å². The molecule has 56 valence electrons. The van der Waals surface area contributed by atoms with E-state index >= 15 is 0 Å². The molecule has 0 amide bonds. The van der Waals surface area contributed by atoms with E-state index in [-0.39, 0.29) is 5.78 Å². The first kappa shape index (κ1) is 7.47. The molecule has 0 bridgehead atoms. The van der Waals surface area contributed by atoms with E-state index in [1.165, 1.54) is 0 Å². The summed E-state index contributed by atoms with van der Waals surface area (Å²) in [5, 5.41) is 3.14. The molecule has 0 aliphatic heterocycles. The Morgan fingerprint density at radius 2 is 2.00 bits per heavy atom. The minimum atomic E-state index is -0.173. The molecule has 0 saturated heterocycles. The van der Waals surface area contributed by atoms with Gasteiger partial charge < -0.3 is 5.84 Å². The Kier molecular flexibility index (Phi) is 2.38. The topological polar surface area (TPSA) is 55.4 Å². The summed E-state index contributed by atoms with van der Waals surface area (Å²) in [6, 6.07) is 8.85. The van der Waals surface area contributed by atoms with Crippen LogP contribution in [0.2, 0.25) is 0 Å². The van der Waals surface area contributed by atoms with E-state index in [2.05, 4.69) is 5.10 Å². The molecule has 0 spiro atoms. The number of hydrogen-bond acceptors (Lipinski definition) is 3. The summed E-state index contributed by atoms with van der Waals surface area (Å²) in [5.74, 6) is 4.64. The molecule has 0 heterocycles. The normalized spacial score (nSPS) is 10.2. The standard InChI is InChI=1S/C8H8N2O/c9-10-6-8(11)7-4-2-1-3-5-7/h1-6H,9H2/b10-6-. The van der Waals surface area contributed by atoms with E-state index in [4.69, 9.17) is 5.84 Å². The smallest absolute Gasteiger partial charge is 0.205 e. The van der Waals surface area contributed by atoms with Crippen molar-refractivity contribution in [2.24, 2.45) is 10.9 Å². The van der Waals surface area contributed by atoms with E-state index in [1.807, 2.05) is 6.07 Å². The molecule has 11 heavy (non-hydrogen) atoms. The van der Waals surface area contributed by atoms with Gasteiger partial charge >= 0.3 is 0 Å². The van der Waals surface area contributed by atoms with E-state index in [1.54, 1.807) is 24.3 Å². The third kappa shape index (κ3) is 1.89. The van der Waals surface area contributed by atoms with Gasteiger partial charge in [0.1, 0.15) is 0 Å². The van der Waals surface area contributed by atoms with E-state index in [9.17, 15) is 4.79 Å². The Balaban J connectivity index is 2.86. The summed E-state index contributed by atoms with van der Waals surface area (Å²) in [6.07, 6.45) is 1.09. The van der Waals surface area contributed by atoms with Crippen molar-refractivity contribution in [3.8, 4) is 0 Å². The maximum absolute atomic E-state index is 11.0. The number of hydrazone groups is 1. The van der Waals surface area contributed by atoms with Gasteiger partial charge in [0.25, 0.3) is 0 Å². The molecular weight excluding hydrogens is 140 g/mol. The van der Waals surface area contributed by atoms with Crippen molar-refractivity contribution in [1.82, 2.24) is 0 Å². The number of hydrogen-bond donors (Lipinski definition) is 1. The second-order valence-corrected chi connectivity index (χ2v) is 2.01. The van der Waals surface area contributed by atoms with Gasteiger partial charge in [-0.25, -0.2) is 0 Å². The molecule has 0 saturated carbocycles. The highest BCUT2D eigenvalue weighted by atomic mass is 16.1. The molecule has 3 nitrogen and oxygen atoms in total. The van der Waals surface area contributed by atoms with Crippen LogP contribution in [0.15, 0.2) is 35.4 Å². The van der Waals surface area contributed by atoms with Crippen molar-refractivity contribution < 1.29 is 4.79 Å².